The highest BCUT2D eigenvalue weighted by Crippen LogP contribution is 2.06. The quantitative estimate of drug-likeness (QED) is 0.411. The summed E-state index contributed by atoms with van der Waals surface area (Å²) >= 11 is 0. The molecule has 0 fully saturated rings. The highest BCUT2D eigenvalue weighted by Gasteiger charge is 2.06. The van der Waals surface area contributed by atoms with E-state index in [9.17, 15) is 9.90 Å². The van der Waals surface area contributed by atoms with E-state index in [-0.39, 0.29) is 12.5 Å². The van der Waals surface area contributed by atoms with Crippen molar-refractivity contribution in [2.75, 3.05) is 26.2 Å². The smallest absolute Gasteiger partial charge is 0.220 e. The largest absolute Gasteiger partial charge is 0.390 e. The van der Waals surface area contributed by atoms with Crippen LogP contribution in [0.2, 0.25) is 0 Å². The van der Waals surface area contributed by atoms with E-state index >= 15 is 0 Å². The van der Waals surface area contributed by atoms with Gasteiger partial charge in [-0.05, 0) is 38.8 Å². The van der Waals surface area contributed by atoms with Crippen LogP contribution in [0.4, 0.5) is 0 Å². The first-order valence-electron chi connectivity index (χ1n) is 8.38. The fraction of sp³-hybridized carbons (Fsp3) is 0.611. The average molecular weight is 323 g/mol. The first-order valence-corrected chi connectivity index (χ1v) is 8.38. The van der Waals surface area contributed by atoms with Crippen LogP contribution in [-0.4, -0.2) is 43.3 Å². The van der Waals surface area contributed by atoms with Gasteiger partial charge in [-0.3, -0.25) is 4.79 Å². The van der Waals surface area contributed by atoms with Gasteiger partial charge in [-0.1, -0.05) is 36.8 Å². The molecule has 1 atom stereocenters. The number of carbonyl (C=O) groups excluding carboxylic acids is 1. The molecule has 0 aromatic heterocycles. The molecular formula is C18H33N3O2. The minimum Gasteiger partial charge on any atom is -0.390 e. The Morgan fingerprint density at radius 3 is 2.70 bits per heavy atom. The van der Waals surface area contributed by atoms with Gasteiger partial charge in [0.2, 0.25) is 5.91 Å². The molecule has 0 aromatic carbocycles. The lowest BCUT2D eigenvalue weighted by molar-refractivity contribution is -0.121. The SMILES string of the molecule is C\C=C/C=C(\C=C(/C)CNCC(O)CNC(=O)CCCN)CC. The van der Waals surface area contributed by atoms with E-state index in [4.69, 9.17) is 5.73 Å². The Hall–Kier alpha value is -1.43. The minimum absolute atomic E-state index is 0.0627. The normalized spacial score (nSPS) is 14.3. The summed E-state index contributed by atoms with van der Waals surface area (Å²) in [5.41, 5.74) is 7.83. The first-order chi connectivity index (χ1) is 11.0. The molecule has 0 aromatic rings. The lowest BCUT2D eigenvalue weighted by Gasteiger charge is -2.13. The summed E-state index contributed by atoms with van der Waals surface area (Å²) in [6, 6.07) is 0. The highest BCUT2D eigenvalue weighted by molar-refractivity contribution is 5.75. The molecule has 23 heavy (non-hydrogen) atoms. The molecule has 1 amide bonds. The molecule has 0 bridgehead atoms. The van der Waals surface area contributed by atoms with Gasteiger partial charge in [-0.15, -0.1) is 0 Å². The van der Waals surface area contributed by atoms with Crippen LogP contribution in [0.25, 0.3) is 0 Å². The van der Waals surface area contributed by atoms with Gasteiger partial charge in [0.1, 0.15) is 0 Å². The number of hydrogen-bond donors (Lipinski definition) is 4. The zero-order valence-corrected chi connectivity index (χ0v) is 14.8. The third kappa shape index (κ3) is 12.8. The molecule has 132 valence electrons. The minimum atomic E-state index is -0.589. The maximum absolute atomic E-state index is 11.4. The Labute approximate surface area is 140 Å². The predicted octanol–water partition coefficient (Wildman–Crippen LogP) is 1.65. The second kappa shape index (κ2) is 14.2. The van der Waals surface area contributed by atoms with Gasteiger partial charge in [-0.25, -0.2) is 0 Å². The fourth-order valence-corrected chi connectivity index (χ4v) is 1.95. The Balaban J connectivity index is 4.01. The summed E-state index contributed by atoms with van der Waals surface area (Å²) in [5.74, 6) is -0.0627. The number of amides is 1. The number of rotatable bonds is 12. The van der Waals surface area contributed by atoms with Crippen LogP contribution >= 0.6 is 0 Å². The lowest BCUT2D eigenvalue weighted by atomic mass is 10.1. The van der Waals surface area contributed by atoms with Gasteiger partial charge < -0.3 is 21.5 Å². The average Bonchev–Trinajstić information content (AvgIpc) is 2.54. The molecule has 0 heterocycles. The van der Waals surface area contributed by atoms with Crippen LogP contribution in [0.15, 0.2) is 35.5 Å². The van der Waals surface area contributed by atoms with Crippen LogP contribution in [-0.2, 0) is 4.79 Å². The van der Waals surface area contributed by atoms with Gasteiger partial charge in [0.05, 0.1) is 6.10 Å². The molecule has 1 unspecified atom stereocenters. The number of hydrogen-bond acceptors (Lipinski definition) is 4. The third-order valence-electron chi connectivity index (χ3n) is 3.27. The van der Waals surface area contributed by atoms with E-state index in [0.717, 1.165) is 6.42 Å². The van der Waals surface area contributed by atoms with E-state index in [0.29, 0.717) is 32.5 Å². The van der Waals surface area contributed by atoms with Crippen molar-refractivity contribution in [3.63, 3.8) is 0 Å². The summed E-state index contributed by atoms with van der Waals surface area (Å²) in [4.78, 5) is 11.4. The van der Waals surface area contributed by atoms with Crippen molar-refractivity contribution in [1.29, 1.82) is 0 Å². The van der Waals surface area contributed by atoms with Gasteiger partial charge in [0, 0.05) is 26.1 Å². The summed E-state index contributed by atoms with van der Waals surface area (Å²) < 4.78 is 0. The number of carbonyl (C=O) groups is 1. The standard InChI is InChI=1S/C18H33N3O2/c1-4-6-8-16(5-2)11-15(3)12-20-13-17(22)14-21-18(23)9-7-10-19/h4,6,8,11,17,20,22H,5,7,9-10,12-14,19H2,1-3H3,(H,21,23)/b6-4-,15-11+,16-8-. The molecule has 0 rings (SSSR count). The maximum atomic E-state index is 11.4. The summed E-state index contributed by atoms with van der Waals surface area (Å²) in [6.45, 7) is 8.12. The van der Waals surface area contributed by atoms with E-state index in [1.165, 1.54) is 11.1 Å². The lowest BCUT2D eigenvalue weighted by Crippen LogP contribution is -2.38. The van der Waals surface area contributed by atoms with Crippen molar-refractivity contribution in [2.24, 2.45) is 5.73 Å². The molecule has 0 radical (unpaired) electrons. The Morgan fingerprint density at radius 1 is 1.35 bits per heavy atom. The maximum Gasteiger partial charge on any atom is 0.220 e. The molecule has 0 saturated carbocycles. The zero-order chi connectivity index (χ0) is 17.5. The Kier molecular flexibility index (Phi) is 13.3. The highest BCUT2D eigenvalue weighted by atomic mass is 16.3. The molecule has 0 aliphatic carbocycles. The van der Waals surface area contributed by atoms with Crippen LogP contribution in [0.1, 0.15) is 40.0 Å². The van der Waals surface area contributed by atoms with E-state index in [1.54, 1.807) is 0 Å². The van der Waals surface area contributed by atoms with Gasteiger partial charge in [-0.2, -0.15) is 0 Å². The summed E-state index contributed by atoms with van der Waals surface area (Å²) in [5, 5.41) is 15.7. The number of nitrogens with two attached hydrogens (primary N) is 1. The molecule has 0 aliphatic rings. The predicted molar refractivity (Wildman–Crippen MR) is 97.1 cm³/mol. The van der Waals surface area contributed by atoms with Crippen molar-refractivity contribution in [3.05, 3.63) is 35.5 Å². The zero-order valence-electron chi connectivity index (χ0n) is 14.8. The Morgan fingerprint density at radius 2 is 2.09 bits per heavy atom. The van der Waals surface area contributed by atoms with Gasteiger partial charge >= 0.3 is 0 Å². The number of aliphatic hydroxyl groups is 1. The van der Waals surface area contributed by atoms with Crippen LogP contribution in [0.5, 0.6) is 0 Å². The second-order valence-corrected chi connectivity index (χ2v) is 5.59. The first kappa shape index (κ1) is 21.6. The fourth-order valence-electron chi connectivity index (χ4n) is 1.95. The van der Waals surface area contributed by atoms with Crippen molar-refractivity contribution >= 4 is 5.91 Å². The van der Waals surface area contributed by atoms with E-state index < -0.39 is 6.10 Å². The van der Waals surface area contributed by atoms with E-state index in [2.05, 4.69) is 36.6 Å². The van der Waals surface area contributed by atoms with Gasteiger partial charge in [0.15, 0.2) is 0 Å². The third-order valence-corrected chi connectivity index (χ3v) is 3.27. The van der Waals surface area contributed by atoms with Crippen LogP contribution < -0.4 is 16.4 Å². The second-order valence-electron chi connectivity index (χ2n) is 5.59. The monoisotopic (exact) mass is 323 g/mol. The van der Waals surface area contributed by atoms with E-state index in [1.807, 2.05) is 19.1 Å². The van der Waals surface area contributed by atoms with Crippen molar-refractivity contribution in [1.82, 2.24) is 10.6 Å². The number of allylic oxidation sites excluding steroid dienone is 5. The number of nitrogens with one attached hydrogen (secondary N) is 2. The Bertz CT molecular complexity index is 414. The summed E-state index contributed by atoms with van der Waals surface area (Å²) in [7, 11) is 0. The van der Waals surface area contributed by atoms with Crippen molar-refractivity contribution in [2.45, 2.75) is 46.1 Å². The topological polar surface area (TPSA) is 87.4 Å². The number of aliphatic hydroxyl groups excluding tert-OH is 1. The summed E-state index contributed by atoms with van der Waals surface area (Å²) in [6.07, 6.45) is 9.79. The molecule has 0 saturated heterocycles. The van der Waals surface area contributed by atoms with Crippen molar-refractivity contribution < 1.29 is 9.90 Å². The molecule has 5 N–H and O–H groups in total. The molecule has 0 spiro atoms. The van der Waals surface area contributed by atoms with Gasteiger partial charge in [0.25, 0.3) is 0 Å². The van der Waals surface area contributed by atoms with Crippen LogP contribution in [0, 0.1) is 0 Å². The van der Waals surface area contributed by atoms with Crippen molar-refractivity contribution in [3.8, 4) is 0 Å². The van der Waals surface area contributed by atoms with Crippen LogP contribution in [0.3, 0.4) is 0 Å². The molecular weight excluding hydrogens is 290 g/mol. The molecule has 5 heteroatoms. The molecule has 5 nitrogen and oxygen atoms in total. The molecule has 0 aliphatic heterocycles.